The number of pyridine rings is 1. The number of aromatic nitrogens is 1. The minimum absolute atomic E-state index is 0.198. The molecule has 2 aromatic rings. The zero-order valence-corrected chi connectivity index (χ0v) is 14.0. The molecule has 1 aliphatic heterocycles. The van der Waals surface area contributed by atoms with E-state index in [0.717, 1.165) is 19.4 Å². The van der Waals surface area contributed by atoms with Gasteiger partial charge >= 0.3 is 11.8 Å². The number of carbonyl (C=O) groups excluding carboxylic acids is 2. The van der Waals surface area contributed by atoms with Crippen molar-refractivity contribution >= 4 is 17.5 Å². The van der Waals surface area contributed by atoms with Gasteiger partial charge in [-0.05, 0) is 30.5 Å². The van der Waals surface area contributed by atoms with Gasteiger partial charge in [-0.15, -0.1) is 0 Å². The summed E-state index contributed by atoms with van der Waals surface area (Å²) in [4.78, 5) is 30.1. The molecule has 0 saturated carbocycles. The predicted molar refractivity (Wildman–Crippen MR) is 95.8 cm³/mol. The number of amides is 2. The summed E-state index contributed by atoms with van der Waals surface area (Å²) in [6, 6.07) is 13.8. The highest BCUT2D eigenvalue weighted by Crippen LogP contribution is 2.12. The van der Waals surface area contributed by atoms with Gasteiger partial charge in [0, 0.05) is 31.9 Å². The standard InChI is InChI=1S/C19H22N4O2/c24-18(22-16-8-4-10-20-13-16)19(25)23-11-5-9-17(14-23)21-12-15-6-2-1-3-7-15/h1-4,6-8,10,13,17,21H,5,9,11-12,14H2,(H,22,24). The third kappa shape index (κ3) is 4.87. The fourth-order valence-electron chi connectivity index (χ4n) is 2.95. The Morgan fingerprint density at radius 1 is 1.16 bits per heavy atom. The lowest BCUT2D eigenvalue weighted by atomic mass is 10.0. The highest BCUT2D eigenvalue weighted by molar-refractivity contribution is 6.39. The average Bonchev–Trinajstić information content (AvgIpc) is 2.67. The first kappa shape index (κ1) is 17.1. The predicted octanol–water partition coefficient (Wildman–Crippen LogP) is 1.80. The van der Waals surface area contributed by atoms with Crippen LogP contribution in [0, 0.1) is 0 Å². The molecule has 1 fully saturated rings. The Balaban J connectivity index is 1.51. The number of piperidine rings is 1. The molecule has 1 aliphatic rings. The lowest BCUT2D eigenvalue weighted by Crippen LogP contribution is -2.50. The van der Waals surface area contributed by atoms with Crippen LogP contribution in [0.1, 0.15) is 18.4 Å². The molecule has 0 aliphatic carbocycles. The Hall–Kier alpha value is -2.73. The van der Waals surface area contributed by atoms with Gasteiger partial charge in [-0.2, -0.15) is 0 Å². The van der Waals surface area contributed by atoms with E-state index in [2.05, 4.69) is 27.8 Å². The Labute approximate surface area is 147 Å². The van der Waals surface area contributed by atoms with Crippen molar-refractivity contribution in [2.24, 2.45) is 0 Å². The second-order valence-electron chi connectivity index (χ2n) is 6.15. The van der Waals surface area contributed by atoms with Crippen molar-refractivity contribution < 1.29 is 9.59 Å². The first-order valence-electron chi connectivity index (χ1n) is 8.50. The number of hydrogen-bond acceptors (Lipinski definition) is 4. The highest BCUT2D eigenvalue weighted by atomic mass is 16.2. The molecule has 6 heteroatoms. The van der Waals surface area contributed by atoms with Gasteiger partial charge in [-0.3, -0.25) is 14.6 Å². The quantitative estimate of drug-likeness (QED) is 0.834. The topological polar surface area (TPSA) is 74.3 Å². The molecule has 1 aromatic carbocycles. The maximum absolute atomic E-state index is 12.4. The fraction of sp³-hybridized carbons (Fsp3) is 0.316. The summed E-state index contributed by atoms with van der Waals surface area (Å²) >= 11 is 0. The second-order valence-corrected chi connectivity index (χ2v) is 6.15. The highest BCUT2D eigenvalue weighted by Gasteiger charge is 2.27. The SMILES string of the molecule is O=C(Nc1cccnc1)C(=O)N1CCCC(NCc2ccccc2)C1. The van der Waals surface area contributed by atoms with Crippen LogP contribution < -0.4 is 10.6 Å². The van der Waals surface area contributed by atoms with Gasteiger partial charge in [0.25, 0.3) is 0 Å². The van der Waals surface area contributed by atoms with Crippen molar-refractivity contribution in [2.75, 3.05) is 18.4 Å². The van der Waals surface area contributed by atoms with Crippen LogP contribution in [0.4, 0.5) is 5.69 Å². The lowest BCUT2D eigenvalue weighted by molar-refractivity contribution is -0.144. The van der Waals surface area contributed by atoms with Crippen LogP contribution in [0.25, 0.3) is 0 Å². The van der Waals surface area contributed by atoms with Crippen LogP contribution in [0.2, 0.25) is 0 Å². The molecule has 0 radical (unpaired) electrons. The van der Waals surface area contributed by atoms with Gasteiger partial charge in [-0.25, -0.2) is 0 Å². The van der Waals surface area contributed by atoms with E-state index in [1.54, 1.807) is 23.2 Å². The molecule has 130 valence electrons. The zero-order chi connectivity index (χ0) is 17.5. The number of likely N-dealkylation sites (tertiary alicyclic amines) is 1. The number of rotatable bonds is 4. The molecule has 1 aromatic heterocycles. The molecule has 25 heavy (non-hydrogen) atoms. The normalized spacial score (nSPS) is 17.1. The summed E-state index contributed by atoms with van der Waals surface area (Å²) in [6.45, 7) is 1.92. The lowest BCUT2D eigenvalue weighted by Gasteiger charge is -2.32. The van der Waals surface area contributed by atoms with Gasteiger partial charge < -0.3 is 15.5 Å². The van der Waals surface area contributed by atoms with Gasteiger partial charge in [-0.1, -0.05) is 30.3 Å². The van der Waals surface area contributed by atoms with E-state index in [-0.39, 0.29) is 6.04 Å². The molecule has 2 N–H and O–H groups in total. The molecule has 6 nitrogen and oxygen atoms in total. The minimum Gasteiger partial charge on any atom is -0.333 e. The summed E-state index contributed by atoms with van der Waals surface area (Å²) in [5.74, 6) is -1.10. The fourth-order valence-corrected chi connectivity index (χ4v) is 2.95. The van der Waals surface area contributed by atoms with Crippen molar-refractivity contribution in [3.8, 4) is 0 Å². The first-order valence-corrected chi connectivity index (χ1v) is 8.50. The molecule has 1 atom stereocenters. The molecular weight excluding hydrogens is 316 g/mol. The number of nitrogens with zero attached hydrogens (tertiary/aromatic N) is 2. The van der Waals surface area contributed by atoms with Gasteiger partial charge in [0.15, 0.2) is 0 Å². The van der Waals surface area contributed by atoms with Crippen molar-refractivity contribution in [3.05, 3.63) is 60.4 Å². The second kappa shape index (κ2) is 8.39. The molecule has 1 saturated heterocycles. The number of carbonyl (C=O) groups is 2. The maximum Gasteiger partial charge on any atom is 0.313 e. The zero-order valence-electron chi connectivity index (χ0n) is 14.0. The smallest absolute Gasteiger partial charge is 0.313 e. The van der Waals surface area contributed by atoms with Crippen molar-refractivity contribution in [1.29, 1.82) is 0 Å². The number of anilines is 1. The Morgan fingerprint density at radius 3 is 2.76 bits per heavy atom. The van der Waals surface area contributed by atoms with Crippen LogP contribution in [0.15, 0.2) is 54.9 Å². The Morgan fingerprint density at radius 2 is 2.00 bits per heavy atom. The van der Waals surface area contributed by atoms with Crippen molar-refractivity contribution in [3.63, 3.8) is 0 Å². The van der Waals surface area contributed by atoms with Crippen LogP contribution >= 0.6 is 0 Å². The van der Waals surface area contributed by atoms with Gasteiger partial charge in [0.2, 0.25) is 0 Å². The largest absolute Gasteiger partial charge is 0.333 e. The van der Waals surface area contributed by atoms with Crippen LogP contribution in [0.3, 0.4) is 0 Å². The Kier molecular flexibility index (Phi) is 5.74. The molecule has 3 rings (SSSR count). The summed E-state index contributed by atoms with van der Waals surface area (Å²) < 4.78 is 0. The average molecular weight is 338 g/mol. The van der Waals surface area contributed by atoms with E-state index < -0.39 is 11.8 Å². The molecule has 0 spiro atoms. The first-order chi connectivity index (χ1) is 12.2. The number of hydrogen-bond donors (Lipinski definition) is 2. The van der Waals surface area contributed by atoms with E-state index in [1.807, 2.05) is 18.2 Å². The summed E-state index contributed by atoms with van der Waals surface area (Å²) in [5.41, 5.74) is 1.73. The van der Waals surface area contributed by atoms with Gasteiger partial charge in [0.1, 0.15) is 0 Å². The third-order valence-corrected chi connectivity index (χ3v) is 4.26. The number of benzene rings is 1. The van der Waals surface area contributed by atoms with E-state index in [1.165, 1.54) is 11.8 Å². The van der Waals surface area contributed by atoms with E-state index >= 15 is 0 Å². The van der Waals surface area contributed by atoms with Crippen LogP contribution in [-0.4, -0.2) is 40.8 Å². The van der Waals surface area contributed by atoms with Crippen molar-refractivity contribution in [2.45, 2.75) is 25.4 Å². The van der Waals surface area contributed by atoms with E-state index in [9.17, 15) is 9.59 Å². The number of nitrogens with one attached hydrogen (secondary N) is 2. The van der Waals surface area contributed by atoms with E-state index in [4.69, 9.17) is 0 Å². The minimum atomic E-state index is -0.614. The molecule has 2 heterocycles. The van der Waals surface area contributed by atoms with Crippen molar-refractivity contribution in [1.82, 2.24) is 15.2 Å². The monoisotopic (exact) mass is 338 g/mol. The molecular formula is C19H22N4O2. The third-order valence-electron chi connectivity index (χ3n) is 4.26. The van der Waals surface area contributed by atoms with E-state index in [0.29, 0.717) is 18.8 Å². The summed E-state index contributed by atoms with van der Waals surface area (Å²) in [5, 5.41) is 6.07. The van der Waals surface area contributed by atoms with Gasteiger partial charge in [0.05, 0.1) is 11.9 Å². The molecule has 1 unspecified atom stereocenters. The summed E-state index contributed by atoms with van der Waals surface area (Å²) in [7, 11) is 0. The Bertz CT molecular complexity index is 706. The maximum atomic E-state index is 12.4. The summed E-state index contributed by atoms with van der Waals surface area (Å²) in [6.07, 6.45) is 5.02. The van der Waals surface area contributed by atoms with Crippen LogP contribution in [0.5, 0.6) is 0 Å². The van der Waals surface area contributed by atoms with Crippen LogP contribution in [-0.2, 0) is 16.1 Å². The molecule has 0 bridgehead atoms. The molecule has 2 amide bonds.